The standard InChI is InChI=1S/C11H18N2O2S/c1-3-11(13-4-2)9-6-5-7-10(8-9)16(12,14)15/h5-8,11,13H,3-4H2,1-2H3,(H2,12,14,15). The molecule has 1 unspecified atom stereocenters. The van der Waals surface area contributed by atoms with E-state index in [1.807, 2.05) is 13.0 Å². The first-order valence-corrected chi connectivity index (χ1v) is 6.89. The van der Waals surface area contributed by atoms with Gasteiger partial charge in [0, 0.05) is 6.04 Å². The molecule has 0 spiro atoms. The fourth-order valence-corrected chi connectivity index (χ4v) is 2.22. The van der Waals surface area contributed by atoms with E-state index in [9.17, 15) is 8.42 Å². The van der Waals surface area contributed by atoms with Crippen molar-refractivity contribution in [1.29, 1.82) is 0 Å². The molecular weight excluding hydrogens is 224 g/mol. The lowest BCUT2D eigenvalue weighted by molar-refractivity contribution is 0.536. The third-order valence-corrected chi connectivity index (χ3v) is 3.36. The molecule has 4 nitrogen and oxygen atoms in total. The maximum Gasteiger partial charge on any atom is 0.238 e. The molecule has 0 saturated heterocycles. The number of sulfonamides is 1. The zero-order valence-corrected chi connectivity index (χ0v) is 10.4. The number of primary sulfonamides is 1. The van der Waals surface area contributed by atoms with E-state index in [-0.39, 0.29) is 10.9 Å². The number of hydrogen-bond donors (Lipinski definition) is 2. The van der Waals surface area contributed by atoms with Gasteiger partial charge in [0.05, 0.1) is 4.90 Å². The van der Waals surface area contributed by atoms with Crippen molar-refractivity contribution in [3.63, 3.8) is 0 Å². The number of nitrogens with two attached hydrogens (primary N) is 1. The van der Waals surface area contributed by atoms with Crippen LogP contribution >= 0.6 is 0 Å². The van der Waals surface area contributed by atoms with Gasteiger partial charge in [0.15, 0.2) is 0 Å². The fourth-order valence-electron chi connectivity index (χ4n) is 1.65. The highest BCUT2D eigenvalue weighted by atomic mass is 32.2. The summed E-state index contributed by atoms with van der Waals surface area (Å²) >= 11 is 0. The Balaban J connectivity index is 3.06. The summed E-state index contributed by atoms with van der Waals surface area (Å²) in [5, 5.41) is 8.38. The largest absolute Gasteiger partial charge is 0.310 e. The van der Waals surface area contributed by atoms with Gasteiger partial charge in [-0.25, -0.2) is 13.6 Å². The summed E-state index contributed by atoms with van der Waals surface area (Å²) in [4.78, 5) is 0.168. The van der Waals surface area contributed by atoms with Crippen molar-refractivity contribution in [3.05, 3.63) is 29.8 Å². The van der Waals surface area contributed by atoms with E-state index >= 15 is 0 Å². The van der Waals surface area contributed by atoms with Gasteiger partial charge in [-0.05, 0) is 30.7 Å². The van der Waals surface area contributed by atoms with E-state index < -0.39 is 10.0 Å². The van der Waals surface area contributed by atoms with E-state index in [0.29, 0.717) is 0 Å². The molecule has 0 heterocycles. The summed E-state index contributed by atoms with van der Waals surface area (Å²) in [7, 11) is -3.61. The smallest absolute Gasteiger partial charge is 0.238 e. The van der Waals surface area contributed by atoms with Gasteiger partial charge in [-0.15, -0.1) is 0 Å². The first kappa shape index (κ1) is 13.2. The molecule has 0 amide bonds. The van der Waals surface area contributed by atoms with Crippen molar-refractivity contribution in [3.8, 4) is 0 Å². The number of nitrogens with one attached hydrogen (secondary N) is 1. The molecule has 0 bridgehead atoms. The van der Waals surface area contributed by atoms with Crippen LogP contribution in [0.5, 0.6) is 0 Å². The Kier molecular flexibility index (Phi) is 4.46. The van der Waals surface area contributed by atoms with Gasteiger partial charge >= 0.3 is 0 Å². The normalized spacial score (nSPS) is 13.7. The first-order valence-electron chi connectivity index (χ1n) is 5.35. The summed E-state index contributed by atoms with van der Waals surface area (Å²) in [5.74, 6) is 0. The monoisotopic (exact) mass is 242 g/mol. The highest BCUT2D eigenvalue weighted by Gasteiger charge is 2.12. The molecule has 0 aliphatic heterocycles. The fraction of sp³-hybridized carbons (Fsp3) is 0.455. The second kappa shape index (κ2) is 5.43. The predicted molar refractivity (Wildman–Crippen MR) is 64.5 cm³/mol. The Bertz CT molecular complexity index is 443. The van der Waals surface area contributed by atoms with Gasteiger partial charge in [-0.1, -0.05) is 26.0 Å². The van der Waals surface area contributed by atoms with Crippen molar-refractivity contribution in [1.82, 2.24) is 5.32 Å². The quantitative estimate of drug-likeness (QED) is 0.819. The highest BCUT2D eigenvalue weighted by Crippen LogP contribution is 2.19. The summed E-state index contributed by atoms with van der Waals surface area (Å²) in [6.07, 6.45) is 0.905. The number of benzene rings is 1. The van der Waals surface area contributed by atoms with E-state index in [1.165, 1.54) is 6.07 Å². The second-order valence-corrected chi connectivity index (χ2v) is 5.20. The minimum atomic E-state index is -3.61. The topological polar surface area (TPSA) is 72.2 Å². The van der Waals surface area contributed by atoms with E-state index in [1.54, 1.807) is 12.1 Å². The average molecular weight is 242 g/mol. The van der Waals surface area contributed by atoms with Gasteiger partial charge < -0.3 is 5.32 Å². The Morgan fingerprint density at radius 2 is 2.06 bits per heavy atom. The van der Waals surface area contributed by atoms with E-state index in [2.05, 4.69) is 12.2 Å². The molecule has 90 valence electrons. The molecule has 0 aromatic heterocycles. The van der Waals surface area contributed by atoms with E-state index in [0.717, 1.165) is 18.5 Å². The van der Waals surface area contributed by atoms with Crippen LogP contribution in [0.3, 0.4) is 0 Å². The summed E-state index contributed by atoms with van der Waals surface area (Å²) in [6, 6.07) is 6.94. The van der Waals surface area contributed by atoms with Crippen molar-refractivity contribution in [2.45, 2.75) is 31.2 Å². The predicted octanol–water partition coefficient (Wildman–Crippen LogP) is 1.39. The zero-order chi connectivity index (χ0) is 12.2. The van der Waals surface area contributed by atoms with Crippen LogP contribution in [0.1, 0.15) is 31.9 Å². The number of hydrogen-bond acceptors (Lipinski definition) is 3. The Morgan fingerprint density at radius 1 is 1.38 bits per heavy atom. The van der Waals surface area contributed by atoms with Crippen molar-refractivity contribution in [2.75, 3.05) is 6.54 Å². The molecule has 0 aliphatic carbocycles. The maximum absolute atomic E-state index is 11.2. The Labute approximate surface area is 96.9 Å². The molecule has 0 fully saturated rings. The van der Waals surface area contributed by atoms with Crippen LogP contribution < -0.4 is 10.5 Å². The maximum atomic E-state index is 11.2. The van der Waals surface area contributed by atoms with Gasteiger partial charge in [-0.2, -0.15) is 0 Å². The molecule has 0 saturated carbocycles. The highest BCUT2D eigenvalue weighted by molar-refractivity contribution is 7.89. The molecule has 1 atom stereocenters. The lowest BCUT2D eigenvalue weighted by Crippen LogP contribution is -2.20. The molecule has 5 heteroatoms. The minimum absolute atomic E-state index is 0.168. The summed E-state index contributed by atoms with van der Waals surface area (Å²) in [5.41, 5.74) is 0.955. The Morgan fingerprint density at radius 3 is 2.56 bits per heavy atom. The Hall–Kier alpha value is -0.910. The SMILES string of the molecule is CCNC(CC)c1cccc(S(N)(=O)=O)c1. The average Bonchev–Trinajstić information content (AvgIpc) is 2.25. The van der Waals surface area contributed by atoms with Crippen LogP contribution in [-0.2, 0) is 10.0 Å². The van der Waals surface area contributed by atoms with Crippen LogP contribution in [0.4, 0.5) is 0 Å². The minimum Gasteiger partial charge on any atom is -0.310 e. The third-order valence-electron chi connectivity index (χ3n) is 2.45. The zero-order valence-electron chi connectivity index (χ0n) is 9.60. The van der Waals surface area contributed by atoms with Crippen LogP contribution in [-0.4, -0.2) is 15.0 Å². The van der Waals surface area contributed by atoms with Crippen LogP contribution in [0.15, 0.2) is 29.2 Å². The lowest BCUT2D eigenvalue weighted by Gasteiger charge is -2.16. The van der Waals surface area contributed by atoms with Crippen LogP contribution in [0.25, 0.3) is 0 Å². The van der Waals surface area contributed by atoms with Crippen molar-refractivity contribution >= 4 is 10.0 Å². The second-order valence-electron chi connectivity index (χ2n) is 3.64. The molecule has 3 N–H and O–H groups in total. The van der Waals surface area contributed by atoms with Crippen LogP contribution in [0.2, 0.25) is 0 Å². The molecular formula is C11H18N2O2S. The summed E-state index contributed by atoms with van der Waals surface area (Å²) in [6.45, 7) is 4.92. The molecule has 1 aromatic rings. The van der Waals surface area contributed by atoms with Crippen LogP contribution in [0, 0.1) is 0 Å². The van der Waals surface area contributed by atoms with Gasteiger partial charge in [0.1, 0.15) is 0 Å². The lowest BCUT2D eigenvalue weighted by atomic mass is 10.0. The first-order chi connectivity index (χ1) is 7.49. The molecule has 0 aliphatic rings. The molecule has 1 aromatic carbocycles. The van der Waals surface area contributed by atoms with E-state index in [4.69, 9.17) is 5.14 Å². The number of rotatable bonds is 5. The van der Waals surface area contributed by atoms with Crippen molar-refractivity contribution in [2.24, 2.45) is 5.14 Å². The van der Waals surface area contributed by atoms with Crippen molar-refractivity contribution < 1.29 is 8.42 Å². The van der Waals surface area contributed by atoms with Gasteiger partial charge in [0.25, 0.3) is 0 Å². The molecule has 0 radical (unpaired) electrons. The van der Waals surface area contributed by atoms with Gasteiger partial charge in [-0.3, -0.25) is 0 Å². The molecule has 1 rings (SSSR count). The van der Waals surface area contributed by atoms with Gasteiger partial charge in [0.2, 0.25) is 10.0 Å². The third kappa shape index (κ3) is 3.30. The summed E-state index contributed by atoms with van der Waals surface area (Å²) < 4.78 is 22.4. The molecule has 16 heavy (non-hydrogen) atoms.